The summed E-state index contributed by atoms with van der Waals surface area (Å²) in [5.74, 6) is 0. The predicted octanol–water partition coefficient (Wildman–Crippen LogP) is 1.47. The van der Waals surface area contributed by atoms with Crippen LogP contribution in [0.1, 0.15) is 11.6 Å². The molecule has 0 spiro atoms. The maximum atomic E-state index is 12.9. The lowest BCUT2D eigenvalue weighted by Gasteiger charge is -2.35. The Morgan fingerprint density at radius 3 is 2.86 bits per heavy atom. The molecule has 0 amide bonds. The van der Waals surface area contributed by atoms with Gasteiger partial charge in [-0.25, -0.2) is 8.42 Å². The Labute approximate surface area is 134 Å². The fraction of sp³-hybridized carbons (Fsp3) is 0.286. The molecule has 2 aromatic heterocycles. The monoisotopic (exact) mass is 338 g/mol. The van der Waals surface area contributed by atoms with E-state index in [1.54, 1.807) is 18.5 Å². The van der Waals surface area contributed by atoms with Crippen LogP contribution in [0.3, 0.4) is 0 Å². The molecule has 8 heteroatoms. The molecule has 0 saturated carbocycles. The van der Waals surface area contributed by atoms with Gasteiger partial charge in [0.05, 0.1) is 11.1 Å². The quantitative estimate of drug-likeness (QED) is 0.917. The van der Waals surface area contributed by atoms with E-state index in [4.69, 9.17) is 11.6 Å². The summed E-state index contributed by atoms with van der Waals surface area (Å²) in [5.41, 5.74) is 0.855. The number of pyridine rings is 2. The van der Waals surface area contributed by atoms with E-state index in [9.17, 15) is 8.42 Å². The summed E-state index contributed by atoms with van der Waals surface area (Å²) in [7, 11) is -3.66. The van der Waals surface area contributed by atoms with Gasteiger partial charge in [-0.2, -0.15) is 4.31 Å². The molecule has 1 aliphatic heterocycles. The van der Waals surface area contributed by atoms with E-state index in [-0.39, 0.29) is 10.9 Å². The highest BCUT2D eigenvalue weighted by Crippen LogP contribution is 2.28. The van der Waals surface area contributed by atoms with Gasteiger partial charge in [0.1, 0.15) is 4.90 Å². The number of nitrogens with zero attached hydrogens (tertiary/aromatic N) is 3. The first-order chi connectivity index (χ1) is 10.6. The first-order valence-corrected chi connectivity index (χ1v) is 8.64. The Morgan fingerprint density at radius 1 is 1.27 bits per heavy atom. The van der Waals surface area contributed by atoms with Crippen molar-refractivity contribution in [3.05, 3.63) is 53.6 Å². The largest absolute Gasteiger partial charge is 0.313 e. The third-order valence-electron chi connectivity index (χ3n) is 3.55. The van der Waals surface area contributed by atoms with Crippen LogP contribution in [0.4, 0.5) is 0 Å². The van der Waals surface area contributed by atoms with Crippen LogP contribution in [0.25, 0.3) is 0 Å². The lowest BCUT2D eigenvalue weighted by atomic mass is 10.1. The second-order valence-electron chi connectivity index (χ2n) is 4.96. The lowest BCUT2D eigenvalue weighted by molar-refractivity contribution is 0.271. The van der Waals surface area contributed by atoms with Gasteiger partial charge >= 0.3 is 0 Å². The third-order valence-corrected chi connectivity index (χ3v) is 5.63. The Bertz CT molecular complexity index is 754. The summed E-state index contributed by atoms with van der Waals surface area (Å²) in [6.45, 7) is 1.53. The molecule has 0 aromatic carbocycles. The van der Waals surface area contributed by atoms with Crippen molar-refractivity contribution in [2.24, 2.45) is 0 Å². The van der Waals surface area contributed by atoms with E-state index in [2.05, 4.69) is 15.3 Å². The minimum absolute atomic E-state index is 0.107. The number of rotatable bonds is 3. The topological polar surface area (TPSA) is 75.2 Å². The third kappa shape index (κ3) is 2.98. The first-order valence-electron chi connectivity index (χ1n) is 6.82. The van der Waals surface area contributed by atoms with Gasteiger partial charge in [0.2, 0.25) is 10.0 Å². The Morgan fingerprint density at radius 2 is 2.14 bits per heavy atom. The molecule has 22 heavy (non-hydrogen) atoms. The highest BCUT2D eigenvalue weighted by molar-refractivity contribution is 7.89. The Hall–Kier alpha value is -1.54. The van der Waals surface area contributed by atoms with Crippen LogP contribution in [-0.4, -0.2) is 42.3 Å². The molecule has 1 atom stereocenters. The second-order valence-corrected chi connectivity index (χ2v) is 7.29. The van der Waals surface area contributed by atoms with Crippen molar-refractivity contribution in [1.82, 2.24) is 19.6 Å². The van der Waals surface area contributed by atoms with Crippen molar-refractivity contribution in [1.29, 1.82) is 0 Å². The molecule has 6 nitrogen and oxygen atoms in total. The molecule has 116 valence electrons. The molecule has 3 heterocycles. The van der Waals surface area contributed by atoms with Crippen molar-refractivity contribution in [2.45, 2.75) is 10.9 Å². The number of piperazine rings is 1. The van der Waals surface area contributed by atoms with Crippen LogP contribution >= 0.6 is 11.6 Å². The molecular weight excluding hydrogens is 324 g/mol. The molecule has 1 N–H and O–H groups in total. The molecule has 0 aliphatic carbocycles. The molecule has 1 fully saturated rings. The SMILES string of the molecule is O=S(=O)(c1cncc(Cl)c1)N1CCNCC1c1cccnc1. The number of hydrogen-bond donors (Lipinski definition) is 1. The zero-order chi connectivity index (χ0) is 15.6. The highest BCUT2D eigenvalue weighted by atomic mass is 35.5. The number of hydrogen-bond acceptors (Lipinski definition) is 5. The summed E-state index contributed by atoms with van der Waals surface area (Å²) in [6.07, 6.45) is 6.09. The molecular formula is C14H15ClN4O2S. The van der Waals surface area contributed by atoms with Gasteiger partial charge in [-0.1, -0.05) is 17.7 Å². The van der Waals surface area contributed by atoms with Crippen LogP contribution in [0.15, 0.2) is 47.9 Å². The number of aromatic nitrogens is 2. The second kappa shape index (κ2) is 6.29. The molecule has 1 saturated heterocycles. The van der Waals surface area contributed by atoms with Crippen molar-refractivity contribution in [2.75, 3.05) is 19.6 Å². The number of nitrogens with one attached hydrogen (secondary N) is 1. The minimum Gasteiger partial charge on any atom is -0.313 e. The van der Waals surface area contributed by atoms with Crippen LogP contribution < -0.4 is 5.32 Å². The average Bonchev–Trinajstić information content (AvgIpc) is 2.56. The fourth-order valence-corrected chi connectivity index (χ4v) is 4.34. The van der Waals surface area contributed by atoms with E-state index in [1.165, 1.54) is 22.8 Å². The Balaban J connectivity index is 2.00. The molecule has 3 rings (SSSR count). The zero-order valence-electron chi connectivity index (χ0n) is 11.7. The molecule has 0 bridgehead atoms. The van der Waals surface area contributed by atoms with Gasteiger partial charge in [0, 0.05) is 44.4 Å². The zero-order valence-corrected chi connectivity index (χ0v) is 13.3. The van der Waals surface area contributed by atoms with Crippen molar-refractivity contribution >= 4 is 21.6 Å². The van der Waals surface area contributed by atoms with Crippen molar-refractivity contribution in [3.63, 3.8) is 0 Å². The van der Waals surface area contributed by atoms with Gasteiger partial charge < -0.3 is 5.32 Å². The van der Waals surface area contributed by atoms with E-state index in [0.29, 0.717) is 24.7 Å². The van der Waals surface area contributed by atoms with Crippen molar-refractivity contribution in [3.8, 4) is 0 Å². The van der Waals surface area contributed by atoms with E-state index >= 15 is 0 Å². The fourth-order valence-electron chi connectivity index (χ4n) is 2.50. The van der Waals surface area contributed by atoms with Crippen LogP contribution in [0, 0.1) is 0 Å². The van der Waals surface area contributed by atoms with Gasteiger partial charge in [-0.3, -0.25) is 9.97 Å². The van der Waals surface area contributed by atoms with Crippen LogP contribution in [-0.2, 0) is 10.0 Å². The summed E-state index contributed by atoms with van der Waals surface area (Å²) in [5, 5.41) is 3.52. The summed E-state index contributed by atoms with van der Waals surface area (Å²) < 4.78 is 27.3. The highest BCUT2D eigenvalue weighted by Gasteiger charge is 2.34. The minimum atomic E-state index is -3.66. The molecule has 2 aromatic rings. The van der Waals surface area contributed by atoms with Gasteiger partial charge in [0.15, 0.2) is 0 Å². The number of sulfonamides is 1. The summed E-state index contributed by atoms with van der Waals surface area (Å²) >= 11 is 5.88. The van der Waals surface area contributed by atoms with Crippen LogP contribution in [0.2, 0.25) is 5.02 Å². The molecule has 1 aliphatic rings. The van der Waals surface area contributed by atoms with E-state index in [1.807, 2.05) is 6.07 Å². The standard InChI is InChI=1S/C14H15ClN4O2S/c15-12-6-13(9-18-8-12)22(20,21)19-5-4-17-10-14(19)11-2-1-3-16-7-11/h1-3,6-9,14,17H,4-5,10H2. The average molecular weight is 339 g/mol. The van der Waals surface area contributed by atoms with Crippen molar-refractivity contribution < 1.29 is 8.42 Å². The van der Waals surface area contributed by atoms with Gasteiger partial charge in [-0.05, 0) is 17.7 Å². The lowest BCUT2D eigenvalue weighted by Crippen LogP contribution is -2.48. The van der Waals surface area contributed by atoms with Crippen LogP contribution in [0.5, 0.6) is 0 Å². The molecule has 0 radical (unpaired) electrons. The molecule has 1 unspecified atom stereocenters. The maximum Gasteiger partial charge on any atom is 0.245 e. The smallest absolute Gasteiger partial charge is 0.245 e. The van der Waals surface area contributed by atoms with Gasteiger partial charge in [-0.15, -0.1) is 0 Å². The summed E-state index contributed by atoms with van der Waals surface area (Å²) in [4.78, 5) is 8.07. The van der Waals surface area contributed by atoms with Gasteiger partial charge in [0.25, 0.3) is 0 Å². The van der Waals surface area contributed by atoms with E-state index in [0.717, 1.165) is 5.56 Å². The maximum absolute atomic E-state index is 12.9. The van der Waals surface area contributed by atoms with E-state index < -0.39 is 10.0 Å². The first kappa shape index (κ1) is 15.4. The summed E-state index contributed by atoms with van der Waals surface area (Å²) in [6, 6.07) is 4.80. The normalized spacial score (nSPS) is 20.0. The Kier molecular flexibility index (Phi) is 4.39. The predicted molar refractivity (Wildman–Crippen MR) is 83.0 cm³/mol. The number of halogens is 1.